The molecule has 5 heteroatoms. The van der Waals surface area contributed by atoms with Crippen LogP contribution < -0.4 is 0 Å². The van der Waals surface area contributed by atoms with Crippen molar-refractivity contribution in [1.29, 1.82) is 0 Å². The van der Waals surface area contributed by atoms with Crippen LogP contribution in [0.4, 0.5) is 4.79 Å². The van der Waals surface area contributed by atoms with Crippen molar-refractivity contribution in [2.45, 2.75) is 12.8 Å². The van der Waals surface area contributed by atoms with Gasteiger partial charge in [0, 0.05) is 24.6 Å². The molecule has 0 atom stereocenters. The third-order valence-corrected chi connectivity index (χ3v) is 4.18. The number of urea groups is 1. The maximum absolute atomic E-state index is 11.7. The minimum atomic E-state index is 0.208. The second-order valence-electron chi connectivity index (χ2n) is 2.86. The summed E-state index contributed by atoms with van der Waals surface area (Å²) >= 11 is 3.33. The Morgan fingerprint density at radius 1 is 1.00 bits per heavy atom. The highest BCUT2D eigenvalue weighted by Crippen LogP contribution is 2.27. The molecule has 0 aromatic heterocycles. The largest absolute Gasteiger partial charge is 0.340 e. The van der Waals surface area contributed by atoms with Gasteiger partial charge in [0.25, 0.3) is 0 Å². The third kappa shape index (κ3) is 1.66. The molecular weight excluding hydrogens is 192 g/mol. The Balaban J connectivity index is 1.89. The highest BCUT2D eigenvalue weighted by atomic mass is 32.2. The zero-order valence-electron chi connectivity index (χ0n) is 6.86. The van der Waals surface area contributed by atoms with Crippen LogP contribution in [0.3, 0.4) is 0 Å². The van der Waals surface area contributed by atoms with Crippen LogP contribution >= 0.6 is 23.9 Å². The third-order valence-electron chi connectivity index (χ3n) is 1.93. The number of amides is 2. The fraction of sp³-hybridized carbons (Fsp3) is 0.857. The summed E-state index contributed by atoms with van der Waals surface area (Å²) in [6, 6.07) is 0.208. The second-order valence-corrected chi connectivity index (χ2v) is 5.07. The zero-order valence-corrected chi connectivity index (χ0v) is 8.49. The first kappa shape index (κ1) is 8.56. The molecule has 2 fully saturated rings. The lowest BCUT2D eigenvalue weighted by atomic mass is 10.5. The predicted molar refractivity (Wildman–Crippen MR) is 53.0 cm³/mol. The average Bonchev–Trinajstić information content (AvgIpc) is 2.77. The van der Waals surface area contributed by atoms with E-state index in [1.54, 1.807) is 23.9 Å². The van der Waals surface area contributed by atoms with Gasteiger partial charge in [-0.05, 0) is 36.7 Å². The van der Waals surface area contributed by atoms with Crippen LogP contribution in [0.1, 0.15) is 12.8 Å². The number of carbonyl (C=O) groups excluding carboxylic acids is 1. The molecule has 2 rings (SSSR count). The fourth-order valence-corrected chi connectivity index (χ4v) is 3.26. The van der Waals surface area contributed by atoms with E-state index in [9.17, 15) is 4.79 Å². The Morgan fingerprint density at radius 2 is 1.50 bits per heavy atom. The highest BCUT2D eigenvalue weighted by molar-refractivity contribution is 7.98. The first-order valence-corrected chi connectivity index (χ1v) is 6.11. The number of nitrogens with zero attached hydrogens (tertiary/aromatic N) is 2. The van der Waals surface area contributed by atoms with Gasteiger partial charge in [-0.25, -0.2) is 4.79 Å². The summed E-state index contributed by atoms with van der Waals surface area (Å²) in [4.78, 5) is 11.7. The molecule has 0 saturated carbocycles. The number of hydrogen-bond donors (Lipinski definition) is 0. The van der Waals surface area contributed by atoms with Crippen molar-refractivity contribution < 1.29 is 4.79 Å². The summed E-state index contributed by atoms with van der Waals surface area (Å²) < 4.78 is 3.77. The Morgan fingerprint density at radius 3 is 1.83 bits per heavy atom. The highest BCUT2D eigenvalue weighted by Gasteiger charge is 2.27. The maximum atomic E-state index is 11.7. The molecule has 0 radical (unpaired) electrons. The van der Waals surface area contributed by atoms with E-state index in [4.69, 9.17) is 0 Å². The molecule has 2 aliphatic heterocycles. The first-order valence-electron chi connectivity index (χ1n) is 4.23. The molecule has 2 saturated heterocycles. The fourth-order valence-electron chi connectivity index (χ4n) is 1.32. The molecule has 12 heavy (non-hydrogen) atoms. The minimum absolute atomic E-state index is 0.208. The summed E-state index contributed by atoms with van der Waals surface area (Å²) in [5, 5.41) is 0. The Hall–Kier alpha value is -0.0300. The van der Waals surface area contributed by atoms with Crippen LogP contribution in [0.2, 0.25) is 0 Å². The summed E-state index contributed by atoms with van der Waals surface area (Å²) in [5.74, 6) is 2.20. The molecule has 0 bridgehead atoms. The maximum Gasteiger partial charge on any atom is 0.340 e. The molecule has 0 aliphatic carbocycles. The topological polar surface area (TPSA) is 23.6 Å². The monoisotopic (exact) mass is 204 g/mol. The van der Waals surface area contributed by atoms with Crippen LogP contribution in [0.5, 0.6) is 0 Å². The molecule has 2 heterocycles. The van der Waals surface area contributed by atoms with Gasteiger partial charge < -0.3 is 0 Å². The summed E-state index contributed by atoms with van der Waals surface area (Å²) in [6.45, 7) is 1.86. The molecule has 0 spiro atoms. The van der Waals surface area contributed by atoms with Gasteiger partial charge in [-0.2, -0.15) is 0 Å². The zero-order chi connectivity index (χ0) is 8.39. The molecule has 3 nitrogen and oxygen atoms in total. The van der Waals surface area contributed by atoms with Crippen LogP contribution in [-0.2, 0) is 0 Å². The van der Waals surface area contributed by atoms with E-state index >= 15 is 0 Å². The van der Waals surface area contributed by atoms with Crippen LogP contribution in [0.15, 0.2) is 0 Å². The van der Waals surface area contributed by atoms with Gasteiger partial charge in [0.2, 0.25) is 0 Å². The van der Waals surface area contributed by atoms with Crippen molar-refractivity contribution in [2.24, 2.45) is 0 Å². The Bertz CT molecular complexity index is 158. The molecule has 0 unspecified atom stereocenters. The van der Waals surface area contributed by atoms with E-state index in [1.165, 1.54) is 0 Å². The second kappa shape index (κ2) is 3.79. The van der Waals surface area contributed by atoms with Crippen molar-refractivity contribution in [3.05, 3.63) is 0 Å². The van der Waals surface area contributed by atoms with Crippen molar-refractivity contribution >= 4 is 29.9 Å². The SMILES string of the molecule is O=C(N1CCCS1)N1CCCS1. The van der Waals surface area contributed by atoms with Crippen molar-refractivity contribution in [1.82, 2.24) is 8.61 Å². The smallest absolute Gasteiger partial charge is 0.267 e. The van der Waals surface area contributed by atoms with E-state index in [-0.39, 0.29) is 6.03 Å². The normalized spacial score (nSPS) is 23.7. The lowest BCUT2D eigenvalue weighted by Crippen LogP contribution is -2.32. The summed E-state index contributed by atoms with van der Waals surface area (Å²) in [7, 11) is 0. The van der Waals surface area contributed by atoms with E-state index in [0.717, 1.165) is 37.4 Å². The number of hydrogen-bond acceptors (Lipinski definition) is 3. The van der Waals surface area contributed by atoms with Crippen LogP contribution in [-0.4, -0.2) is 39.2 Å². The van der Waals surface area contributed by atoms with E-state index in [0.29, 0.717) is 0 Å². The van der Waals surface area contributed by atoms with Gasteiger partial charge in [-0.15, -0.1) is 0 Å². The molecule has 2 amide bonds. The molecule has 0 aromatic rings. The van der Waals surface area contributed by atoms with Crippen LogP contribution in [0, 0.1) is 0 Å². The molecule has 0 aromatic carbocycles. The van der Waals surface area contributed by atoms with Gasteiger partial charge in [-0.1, -0.05) is 0 Å². The number of rotatable bonds is 0. The quantitative estimate of drug-likeness (QED) is 0.562. The van der Waals surface area contributed by atoms with Gasteiger partial charge in [-0.3, -0.25) is 8.61 Å². The van der Waals surface area contributed by atoms with E-state index in [2.05, 4.69) is 0 Å². The van der Waals surface area contributed by atoms with E-state index < -0.39 is 0 Å². The van der Waals surface area contributed by atoms with Crippen molar-refractivity contribution in [3.8, 4) is 0 Å². The van der Waals surface area contributed by atoms with Crippen molar-refractivity contribution in [3.63, 3.8) is 0 Å². The molecule has 68 valence electrons. The molecule has 0 N–H and O–H groups in total. The summed E-state index contributed by atoms with van der Waals surface area (Å²) in [5.41, 5.74) is 0. The standard InChI is InChI=1S/C7H12N2OS2/c10-7(8-3-1-5-11-8)9-4-2-6-12-9/h1-6H2. The predicted octanol–water partition coefficient (Wildman–Crippen LogP) is 1.81. The lowest BCUT2D eigenvalue weighted by Gasteiger charge is -2.20. The molecular formula is C7H12N2OS2. The van der Waals surface area contributed by atoms with Gasteiger partial charge >= 0.3 is 6.03 Å². The first-order chi connectivity index (χ1) is 5.88. The Labute approximate surface area is 81.1 Å². The minimum Gasteiger partial charge on any atom is -0.267 e. The lowest BCUT2D eigenvalue weighted by molar-refractivity contribution is 0.212. The number of carbonyl (C=O) groups is 1. The van der Waals surface area contributed by atoms with Crippen molar-refractivity contribution in [2.75, 3.05) is 24.6 Å². The van der Waals surface area contributed by atoms with Gasteiger partial charge in [0.05, 0.1) is 0 Å². The van der Waals surface area contributed by atoms with E-state index in [1.807, 2.05) is 8.61 Å². The average molecular weight is 204 g/mol. The summed E-state index contributed by atoms with van der Waals surface area (Å²) in [6.07, 6.45) is 2.30. The molecule has 2 aliphatic rings. The van der Waals surface area contributed by atoms with Gasteiger partial charge in [0.1, 0.15) is 0 Å². The van der Waals surface area contributed by atoms with Gasteiger partial charge in [0.15, 0.2) is 0 Å². The Kier molecular flexibility index (Phi) is 2.70. The van der Waals surface area contributed by atoms with Crippen LogP contribution in [0.25, 0.3) is 0 Å².